The van der Waals surface area contributed by atoms with Crippen molar-refractivity contribution in [3.63, 3.8) is 0 Å². The molecule has 2 aliphatic heterocycles. The average molecular weight is 474 g/mol. The summed E-state index contributed by atoms with van der Waals surface area (Å²) in [7, 11) is 0. The number of para-hydroxylation sites is 2. The summed E-state index contributed by atoms with van der Waals surface area (Å²) < 4.78 is 7.67. The van der Waals surface area contributed by atoms with E-state index < -0.39 is 5.41 Å². The molecule has 0 saturated carbocycles. The molecule has 7 heteroatoms. The Kier molecular flexibility index (Phi) is 4.73. The smallest absolute Gasteiger partial charge is 0.248 e. The molecule has 2 N–H and O–H groups in total. The van der Waals surface area contributed by atoms with Crippen molar-refractivity contribution in [2.45, 2.75) is 25.8 Å². The number of ether oxygens (including phenoxy) is 1. The summed E-state index contributed by atoms with van der Waals surface area (Å²) in [5.74, 6) is 0.00185. The van der Waals surface area contributed by atoms with Gasteiger partial charge in [0.15, 0.2) is 0 Å². The van der Waals surface area contributed by atoms with E-state index in [-0.39, 0.29) is 17.4 Å². The number of benzene rings is 3. The van der Waals surface area contributed by atoms with E-state index in [2.05, 4.69) is 6.07 Å². The summed E-state index contributed by atoms with van der Waals surface area (Å²) in [5, 5.41) is 15.1. The second-order valence-electron chi connectivity index (χ2n) is 9.11. The number of aryl methyl sites for hydroxylation is 2. The third-order valence-electron chi connectivity index (χ3n) is 6.96. The lowest BCUT2D eigenvalue weighted by atomic mass is 9.69. The Morgan fingerprint density at radius 1 is 1.00 bits per heavy atom. The molecule has 0 bridgehead atoms. The Bertz CT molecular complexity index is 1600. The quantitative estimate of drug-likeness (QED) is 0.475. The molecule has 0 saturated heterocycles. The van der Waals surface area contributed by atoms with E-state index in [1.807, 2.05) is 92.7 Å². The average Bonchev–Trinajstić information content (AvgIpc) is 3.34. The van der Waals surface area contributed by atoms with Gasteiger partial charge in [-0.15, -0.1) is 0 Å². The molecule has 7 nitrogen and oxygen atoms in total. The first-order valence-corrected chi connectivity index (χ1v) is 11.7. The van der Waals surface area contributed by atoms with Crippen LogP contribution in [0.15, 0.2) is 90.3 Å². The molecule has 1 spiro atoms. The summed E-state index contributed by atoms with van der Waals surface area (Å²) in [6.45, 7) is 4.22. The number of rotatable bonds is 3. The van der Waals surface area contributed by atoms with Gasteiger partial charge in [0.2, 0.25) is 17.7 Å². The van der Waals surface area contributed by atoms with Gasteiger partial charge in [-0.3, -0.25) is 4.79 Å². The highest BCUT2D eigenvalue weighted by molar-refractivity contribution is 6.14. The number of hydrogen-bond acceptors (Lipinski definition) is 5. The van der Waals surface area contributed by atoms with Gasteiger partial charge in [-0.05, 0) is 37.6 Å². The molecule has 1 unspecified atom stereocenters. The van der Waals surface area contributed by atoms with Crippen LogP contribution in [0.1, 0.15) is 27.9 Å². The summed E-state index contributed by atoms with van der Waals surface area (Å²) in [6, 6.07) is 27.4. The minimum Gasteiger partial charge on any atom is -0.422 e. The molecule has 6 rings (SSSR count). The second-order valence-corrected chi connectivity index (χ2v) is 9.11. The molecule has 176 valence electrons. The first-order valence-electron chi connectivity index (χ1n) is 11.7. The van der Waals surface area contributed by atoms with E-state index in [9.17, 15) is 10.1 Å². The zero-order valence-electron chi connectivity index (χ0n) is 19.9. The highest BCUT2D eigenvalue weighted by Gasteiger charge is 2.61. The highest BCUT2D eigenvalue weighted by atomic mass is 16.5. The number of hydrogen-bond donors (Lipinski definition) is 1. The Labute approximate surface area is 208 Å². The second kappa shape index (κ2) is 7.85. The molecule has 0 aliphatic carbocycles. The molecule has 2 aliphatic rings. The Hall–Kier alpha value is -4.83. The predicted molar refractivity (Wildman–Crippen MR) is 135 cm³/mol. The van der Waals surface area contributed by atoms with Crippen molar-refractivity contribution in [1.82, 2.24) is 9.78 Å². The Morgan fingerprint density at radius 3 is 2.42 bits per heavy atom. The molecule has 1 amide bonds. The highest BCUT2D eigenvalue weighted by Crippen LogP contribution is 2.56. The SMILES string of the molecule is Cc1ccc(CN2C(=O)C3(C(C#N)=C(N)Oc4c3c(C)nn4-c3ccccc3)c3ccccc32)cc1. The van der Waals surface area contributed by atoms with E-state index >= 15 is 0 Å². The first kappa shape index (κ1) is 21.7. The van der Waals surface area contributed by atoms with Crippen molar-refractivity contribution in [2.24, 2.45) is 5.73 Å². The third-order valence-corrected chi connectivity index (χ3v) is 6.96. The molecule has 3 aromatic carbocycles. The lowest BCUT2D eigenvalue weighted by Gasteiger charge is -2.33. The van der Waals surface area contributed by atoms with Gasteiger partial charge < -0.3 is 15.4 Å². The molecule has 1 atom stereocenters. The van der Waals surface area contributed by atoms with Crippen LogP contribution in [0.2, 0.25) is 0 Å². The number of amides is 1. The van der Waals surface area contributed by atoms with Gasteiger partial charge in [0.25, 0.3) is 0 Å². The van der Waals surface area contributed by atoms with Gasteiger partial charge in [-0.2, -0.15) is 10.4 Å². The fourth-order valence-corrected chi connectivity index (χ4v) is 5.35. The van der Waals surface area contributed by atoms with Crippen molar-refractivity contribution in [2.75, 3.05) is 4.90 Å². The fraction of sp³-hybridized carbons (Fsp3) is 0.138. The number of nitrogens with two attached hydrogens (primary N) is 1. The zero-order chi connectivity index (χ0) is 25.0. The zero-order valence-corrected chi connectivity index (χ0v) is 19.9. The molecule has 0 fully saturated rings. The summed E-state index contributed by atoms with van der Waals surface area (Å²) in [5.41, 5.74) is 10.5. The largest absolute Gasteiger partial charge is 0.422 e. The lowest BCUT2D eigenvalue weighted by molar-refractivity contribution is -0.121. The van der Waals surface area contributed by atoms with Crippen LogP contribution in [-0.4, -0.2) is 15.7 Å². The summed E-state index contributed by atoms with van der Waals surface area (Å²) in [4.78, 5) is 16.3. The maximum absolute atomic E-state index is 14.6. The first-order chi connectivity index (χ1) is 17.5. The Morgan fingerprint density at radius 2 is 1.69 bits per heavy atom. The monoisotopic (exact) mass is 473 g/mol. The third kappa shape index (κ3) is 2.85. The van der Waals surface area contributed by atoms with E-state index in [4.69, 9.17) is 15.6 Å². The molecular weight excluding hydrogens is 450 g/mol. The summed E-state index contributed by atoms with van der Waals surface area (Å²) >= 11 is 0. The van der Waals surface area contributed by atoms with Crippen molar-refractivity contribution in [1.29, 1.82) is 5.26 Å². The molecule has 4 aromatic rings. The molecule has 0 radical (unpaired) electrons. The number of nitrogens with zero attached hydrogens (tertiary/aromatic N) is 4. The number of carbonyl (C=O) groups excluding carboxylic acids is 1. The Balaban J connectivity index is 1.62. The molecule has 1 aromatic heterocycles. The van der Waals surface area contributed by atoms with E-state index in [1.54, 1.807) is 9.58 Å². The number of nitriles is 1. The van der Waals surface area contributed by atoms with Gasteiger partial charge in [0.1, 0.15) is 17.1 Å². The van der Waals surface area contributed by atoms with Crippen molar-refractivity contribution in [3.05, 3.63) is 118 Å². The van der Waals surface area contributed by atoms with Crippen molar-refractivity contribution >= 4 is 11.6 Å². The predicted octanol–water partition coefficient (Wildman–Crippen LogP) is 4.41. The topological polar surface area (TPSA) is 97.2 Å². The van der Waals surface area contributed by atoms with Crippen LogP contribution < -0.4 is 15.4 Å². The van der Waals surface area contributed by atoms with E-state index in [0.29, 0.717) is 29.2 Å². The molecule has 36 heavy (non-hydrogen) atoms. The van der Waals surface area contributed by atoms with E-state index in [0.717, 1.165) is 22.5 Å². The maximum atomic E-state index is 14.6. The van der Waals surface area contributed by atoms with Crippen molar-refractivity contribution < 1.29 is 9.53 Å². The maximum Gasteiger partial charge on any atom is 0.248 e. The van der Waals surface area contributed by atoms with Gasteiger partial charge in [0.05, 0.1) is 23.5 Å². The van der Waals surface area contributed by atoms with Crippen LogP contribution in [-0.2, 0) is 16.8 Å². The minimum absolute atomic E-state index is 0.0783. The fourth-order valence-electron chi connectivity index (χ4n) is 5.35. The van der Waals surface area contributed by atoms with Crippen LogP contribution in [0.3, 0.4) is 0 Å². The number of carbonyl (C=O) groups is 1. The normalized spacial score (nSPS) is 18.1. The van der Waals surface area contributed by atoms with Crippen LogP contribution in [0, 0.1) is 25.2 Å². The number of anilines is 1. The minimum atomic E-state index is -1.45. The molecule has 3 heterocycles. The van der Waals surface area contributed by atoms with Crippen LogP contribution in [0.25, 0.3) is 5.69 Å². The van der Waals surface area contributed by atoms with Crippen LogP contribution >= 0.6 is 0 Å². The van der Waals surface area contributed by atoms with Gasteiger partial charge >= 0.3 is 0 Å². The van der Waals surface area contributed by atoms with Crippen LogP contribution in [0.4, 0.5) is 5.69 Å². The number of aromatic nitrogens is 2. The van der Waals surface area contributed by atoms with Crippen LogP contribution in [0.5, 0.6) is 5.88 Å². The standard InChI is InChI=1S/C29H23N5O2/c1-18-12-14-20(15-13-18)17-33-24-11-7-6-10-22(24)29(28(33)35)23(16-30)26(31)36-27-25(29)19(2)32-34(27)21-8-4-3-5-9-21/h3-15H,17,31H2,1-2H3. The van der Waals surface area contributed by atoms with Gasteiger partial charge in [-0.1, -0.05) is 66.2 Å². The molecular formula is C29H23N5O2. The van der Waals surface area contributed by atoms with Crippen molar-refractivity contribution in [3.8, 4) is 17.6 Å². The lowest BCUT2D eigenvalue weighted by Crippen LogP contribution is -2.46. The summed E-state index contributed by atoms with van der Waals surface area (Å²) in [6.07, 6.45) is 0. The van der Waals surface area contributed by atoms with Gasteiger partial charge in [-0.25, -0.2) is 4.68 Å². The number of fused-ring (bicyclic) bond motifs is 4. The van der Waals surface area contributed by atoms with Gasteiger partial charge in [0, 0.05) is 11.3 Å². The van der Waals surface area contributed by atoms with E-state index in [1.165, 1.54) is 0 Å².